The molecule has 38 heavy (non-hydrogen) atoms. The third kappa shape index (κ3) is 6.12. The summed E-state index contributed by atoms with van der Waals surface area (Å²) in [6, 6.07) is 18.5. The number of pyridine rings is 1. The van der Waals surface area contributed by atoms with Gasteiger partial charge in [0.05, 0.1) is 18.4 Å². The summed E-state index contributed by atoms with van der Waals surface area (Å²) in [6.45, 7) is 2.71. The number of thioether (sulfide) groups is 1. The molecule has 5 rings (SSSR count). The normalized spacial score (nSPS) is 13.3. The third-order valence-electron chi connectivity index (χ3n) is 6.04. The first-order valence-corrected chi connectivity index (χ1v) is 13.0. The number of nitrogens with one attached hydrogen (secondary N) is 1. The molecule has 10 nitrogen and oxygen atoms in total. The number of methoxy groups -OCH3 is 1. The number of amides is 2. The van der Waals surface area contributed by atoms with Gasteiger partial charge < -0.3 is 24.3 Å². The number of hydrogen-bond donors (Lipinski definition) is 1. The Balaban J connectivity index is 1.09. The Bertz CT molecular complexity index is 1390. The number of benzene rings is 2. The van der Waals surface area contributed by atoms with E-state index in [1.807, 2.05) is 53.4 Å². The molecule has 2 aromatic heterocycles. The van der Waals surface area contributed by atoms with Crippen LogP contribution in [0.1, 0.15) is 10.4 Å². The van der Waals surface area contributed by atoms with Gasteiger partial charge in [-0.05, 0) is 54.6 Å². The quantitative estimate of drug-likeness (QED) is 0.340. The molecular formula is C27H26N6O4S. The van der Waals surface area contributed by atoms with Crippen molar-refractivity contribution in [2.75, 3.05) is 49.3 Å². The van der Waals surface area contributed by atoms with Gasteiger partial charge in [-0.2, -0.15) is 0 Å². The van der Waals surface area contributed by atoms with Crippen LogP contribution >= 0.6 is 11.8 Å². The zero-order valence-electron chi connectivity index (χ0n) is 20.7. The summed E-state index contributed by atoms with van der Waals surface area (Å²) in [4.78, 5) is 33.4. The van der Waals surface area contributed by atoms with Gasteiger partial charge in [0.25, 0.3) is 11.1 Å². The van der Waals surface area contributed by atoms with Gasteiger partial charge in [0.2, 0.25) is 11.8 Å². The van der Waals surface area contributed by atoms with Crippen molar-refractivity contribution in [2.45, 2.75) is 5.22 Å². The van der Waals surface area contributed by atoms with Crippen LogP contribution < -0.4 is 15.0 Å². The lowest BCUT2D eigenvalue weighted by Gasteiger charge is -2.36. The summed E-state index contributed by atoms with van der Waals surface area (Å²) in [6.07, 6.45) is 3.31. The van der Waals surface area contributed by atoms with Crippen molar-refractivity contribution in [3.63, 3.8) is 0 Å². The molecule has 1 saturated heterocycles. The molecule has 1 aliphatic heterocycles. The first-order chi connectivity index (χ1) is 18.6. The first-order valence-electron chi connectivity index (χ1n) is 12.0. The van der Waals surface area contributed by atoms with Crippen molar-refractivity contribution in [3.05, 3.63) is 78.6 Å². The Labute approximate surface area is 224 Å². The second-order valence-corrected chi connectivity index (χ2v) is 9.44. The van der Waals surface area contributed by atoms with Gasteiger partial charge in [-0.25, -0.2) is 0 Å². The maximum Gasteiger partial charge on any atom is 0.277 e. The summed E-state index contributed by atoms with van der Waals surface area (Å²) in [7, 11) is 1.59. The molecule has 1 fully saturated rings. The fourth-order valence-corrected chi connectivity index (χ4v) is 4.62. The van der Waals surface area contributed by atoms with Crippen LogP contribution in [0.15, 0.2) is 82.7 Å². The van der Waals surface area contributed by atoms with Crippen LogP contribution in [0.4, 0.5) is 11.4 Å². The second kappa shape index (κ2) is 11.8. The summed E-state index contributed by atoms with van der Waals surface area (Å²) in [5, 5.41) is 11.2. The van der Waals surface area contributed by atoms with E-state index in [1.54, 1.807) is 31.6 Å². The smallest absolute Gasteiger partial charge is 0.277 e. The van der Waals surface area contributed by atoms with Gasteiger partial charge in [0.1, 0.15) is 5.75 Å². The number of piperazine rings is 1. The Morgan fingerprint density at radius 1 is 1.03 bits per heavy atom. The molecule has 0 unspecified atom stereocenters. The lowest BCUT2D eigenvalue weighted by atomic mass is 10.1. The molecule has 0 spiro atoms. The maximum absolute atomic E-state index is 12.9. The monoisotopic (exact) mass is 530 g/mol. The molecule has 1 N–H and O–H groups in total. The van der Waals surface area contributed by atoms with Gasteiger partial charge in [-0.15, -0.1) is 10.2 Å². The number of nitrogens with zero attached hydrogens (tertiary/aromatic N) is 5. The molecule has 0 saturated carbocycles. The molecule has 2 aromatic carbocycles. The van der Waals surface area contributed by atoms with E-state index < -0.39 is 0 Å². The summed E-state index contributed by atoms with van der Waals surface area (Å²) >= 11 is 1.17. The maximum atomic E-state index is 12.9. The van der Waals surface area contributed by atoms with E-state index in [2.05, 4.69) is 25.4 Å². The van der Waals surface area contributed by atoms with Crippen LogP contribution in [0.2, 0.25) is 0 Å². The van der Waals surface area contributed by atoms with Crippen LogP contribution in [0.5, 0.6) is 5.75 Å². The fraction of sp³-hybridized carbons (Fsp3) is 0.222. The Hall–Kier alpha value is -4.38. The average molecular weight is 531 g/mol. The standard InChI is InChI=1S/C27H26N6O4S/c1-36-23-6-2-4-19(16-23)26(35)33-14-12-32(13-15-33)22-9-7-21(8-10-22)29-24(34)18-38-27-31-30-25(37-27)20-5-3-11-28-17-20/h2-11,16-17H,12-15,18H2,1H3,(H,29,34). The zero-order chi connectivity index (χ0) is 26.3. The van der Waals surface area contributed by atoms with E-state index in [0.717, 1.165) is 24.3 Å². The molecular weight excluding hydrogens is 504 g/mol. The van der Waals surface area contributed by atoms with Crippen LogP contribution in [0, 0.1) is 0 Å². The largest absolute Gasteiger partial charge is 0.497 e. The lowest BCUT2D eigenvalue weighted by Crippen LogP contribution is -2.48. The van der Waals surface area contributed by atoms with Crippen molar-refractivity contribution >= 4 is 35.0 Å². The molecule has 11 heteroatoms. The third-order valence-corrected chi connectivity index (χ3v) is 6.86. The molecule has 0 aliphatic carbocycles. The average Bonchev–Trinajstić information content (AvgIpc) is 3.46. The van der Waals surface area contributed by atoms with E-state index in [9.17, 15) is 9.59 Å². The van der Waals surface area contributed by atoms with Gasteiger partial charge in [-0.1, -0.05) is 17.8 Å². The van der Waals surface area contributed by atoms with E-state index in [1.165, 1.54) is 11.8 Å². The van der Waals surface area contributed by atoms with E-state index in [-0.39, 0.29) is 17.6 Å². The predicted octanol–water partition coefficient (Wildman–Crippen LogP) is 3.83. The molecule has 0 bridgehead atoms. The van der Waals surface area contributed by atoms with Crippen molar-refractivity contribution < 1.29 is 18.7 Å². The highest BCUT2D eigenvalue weighted by molar-refractivity contribution is 7.99. The number of hydrogen-bond acceptors (Lipinski definition) is 9. The fourth-order valence-electron chi connectivity index (χ4n) is 4.06. The summed E-state index contributed by atoms with van der Waals surface area (Å²) in [5.74, 6) is 1.01. The SMILES string of the molecule is COc1cccc(C(=O)N2CCN(c3ccc(NC(=O)CSc4nnc(-c5cccnc5)o4)cc3)CC2)c1. The molecule has 0 radical (unpaired) electrons. The summed E-state index contributed by atoms with van der Waals surface area (Å²) in [5.41, 5.74) is 3.10. The Morgan fingerprint density at radius 3 is 2.58 bits per heavy atom. The van der Waals surface area contributed by atoms with Gasteiger partial charge in [0, 0.05) is 55.5 Å². The van der Waals surface area contributed by atoms with E-state index >= 15 is 0 Å². The van der Waals surface area contributed by atoms with Gasteiger partial charge in [0.15, 0.2) is 0 Å². The Kier molecular flexibility index (Phi) is 7.84. The van der Waals surface area contributed by atoms with Crippen LogP contribution in [-0.2, 0) is 4.79 Å². The van der Waals surface area contributed by atoms with Crippen LogP contribution in [0.3, 0.4) is 0 Å². The van der Waals surface area contributed by atoms with Crippen molar-refractivity contribution in [3.8, 4) is 17.2 Å². The Morgan fingerprint density at radius 2 is 1.84 bits per heavy atom. The van der Waals surface area contributed by atoms with Crippen molar-refractivity contribution in [1.29, 1.82) is 0 Å². The van der Waals surface area contributed by atoms with E-state index in [0.29, 0.717) is 41.2 Å². The van der Waals surface area contributed by atoms with Crippen molar-refractivity contribution in [2.24, 2.45) is 0 Å². The van der Waals surface area contributed by atoms with Crippen LogP contribution in [0.25, 0.3) is 11.5 Å². The highest BCUT2D eigenvalue weighted by atomic mass is 32.2. The second-order valence-electron chi connectivity index (χ2n) is 8.51. The number of rotatable bonds is 8. The minimum Gasteiger partial charge on any atom is -0.497 e. The van der Waals surface area contributed by atoms with Crippen molar-refractivity contribution in [1.82, 2.24) is 20.1 Å². The molecule has 3 heterocycles. The minimum atomic E-state index is -0.173. The molecule has 2 amide bonds. The topological polar surface area (TPSA) is 114 Å². The predicted molar refractivity (Wildman–Crippen MR) is 144 cm³/mol. The highest BCUT2D eigenvalue weighted by Crippen LogP contribution is 2.24. The van der Waals surface area contributed by atoms with Crippen LogP contribution in [-0.4, -0.2) is 70.9 Å². The highest BCUT2D eigenvalue weighted by Gasteiger charge is 2.22. The number of carbonyl (C=O) groups excluding carboxylic acids is 2. The summed E-state index contributed by atoms with van der Waals surface area (Å²) < 4.78 is 10.8. The number of ether oxygens (including phenoxy) is 1. The lowest BCUT2D eigenvalue weighted by molar-refractivity contribution is -0.113. The zero-order valence-corrected chi connectivity index (χ0v) is 21.6. The molecule has 0 atom stereocenters. The van der Waals surface area contributed by atoms with E-state index in [4.69, 9.17) is 9.15 Å². The molecule has 194 valence electrons. The minimum absolute atomic E-state index is 0.00769. The number of anilines is 2. The molecule has 4 aromatic rings. The number of aromatic nitrogens is 3. The molecule has 1 aliphatic rings. The van der Waals surface area contributed by atoms with Gasteiger partial charge in [-0.3, -0.25) is 14.6 Å². The number of carbonyl (C=O) groups is 2. The first kappa shape index (κ1) is 25.3. The van der Waals surface area contributed by atoms with Gasteiger partial charge >= 0.3 is 0 Å².